The number of nitrogens with zero attached hydrogens (tertiary/aromatic N) is 1. The molecular formula is C30H35NO4. The minimum absolute atomic E-state index is 0.116. The zero-order valence-corrected chi connectivity index (χ0v) is 21.1. The van der Waals surface area contributed by atoms with Crippen LogP contribution in [-0.2, 0) is 9.53 Å². The van der Waals surface area contributed by atoms with Gasteiger partial charge in [-0.3, -0.25) is 0 Å². The largest absolute Gasteiger partial charge is 0.492 e. The highest BCUT2D eigenvalue weighted by atomic mass is 16.6. The fourth-order valence-corrected chi connectivity index (χ4v) is 3.83. The number of esters is 1. The predicted octanol–water partition coefficient (Wildman–Crippen LogP) is 5.94. The smallest absolute Gasteiger partial charge is 0.344 e. The monoisotopic (exact) mass is 473 g/mol. The summed E-state index contributed by atoms with van der Waals surface area (Å²) in [5, 5.41) is 0. The maximum atomic E-state index is 11.8. The van der Waals surface area contributed by atoms with Gasteiger partial charge in [-0.2, -0.15) is 0 Å². The van der Waals surface area contributed by atoms with Crippen LogP contribution < -0.4 is 9.47 Å². The van der Waals surface area contributed by atoms with Crippen LogP contribution in [0.4, 0.5) is 0 Å². The fraction of sp³-hybridized carbons (Fsp3) is 0.300. The molecule has 0 saturated heterocycles. The fourth-order valence-electron chi connectivity index (χ4n) is 3.83. The minimum atomic E-state index is -0.378. The van der Waals surface area contributed by atoms with Crippen LogP contribution in [0.2, 0.25) is 0 Å². The second-order valence-electron chi connectivity index (χ2n) is 8.37. The topological polar surface area (TPSA) is 48.0 Å². The summed E-state index contributed by atoms with van der Waals surface area (Å²) in [5.74, 6) is 1.09. The van der Waals surface area contributed by atoms with Crippen molar-refractivity contribution in [1.82, 2.24) is 4.90 Å². The van der Waals surface area contributed by atoms with Crippen LogP contribution in [-0.4, -0.2) is 51.3 Å². The van der Waals surface area contributed by atoms with Crippen LogP contribution in [0.25, 0.3) is 11.1 Å². The van der Waals surface area contributed by atoms with E-state index in [-0.39, 0.29) is 12.6 Å². The number of rotatable bonds is 12. The van der Waals surface area contributed by atoms with Crippen molar-refractivity contribution in [2.75, 3.05) is 40.5 Å². The third kappa shape index (κ3) is 7.72. The number of carbonyl (C=O) groups is 1. The summed E-state index contributed by atoms with van der Waals surface area (Å²) in [6.45, 7) is 5.67. The average Bonchev–Trinajstić information content (AvgIpc) is 2.87. The van der Waals surface area contributed by atoms with E-state index in [9.17, 15) is 4.79 Å². The molecule has 0 amide bonds. The Kier molecular flexibility index (Phi) is 9.93. The zero-order valence-electron chi connectivity index (χ0n) is 21.1. The van der Waals surface area contributed by atoms with Crippen molar-refractivity contribution in [3.05, 3.63) is 95.6 Å². The molecule has 0 bridgehead atoms. The highest BCUT2D eigenvalue weighted by molar-refractivity contribution is 5.98. The zero-order chi connectivity index (χ0) is 25.0. The van der Waals surface area contributed by atoms with E-state index >= 15 is 0 Å². The first kappa shape index (κ1) is 26.0. The van der Waals surface area contributed by atoms with Gasteiger partial charge in [-0.05, 0) is 79.5 Å². The highest BCUT2D eigenvalue weighted by Gasteiger charge is 2.14. The Balaban J connectivity index is 1.98. The Morgan fingerprint density at radius 1 is 0.771 bits per heavy atom. The molecular weight excluding hydrogens is 438 g/mol. The molecule has 0 aromatic heterocycles. The number of carbonyl (C=O) groups excluding carboxylic acids is 1. The normalized spacial score (nSPS) is 11.7. The molecule has 3 aromatic rings. The van der Waals surface area contributed by atoms with Gasteiger partial charge in [0.15, 0.2) is 6.61 Å². The quantitative estimate of drug-likeness (QED) is 0.241. The van der Waals surface area contributed by atoms with Gasteiger partial charge in [0.2, 0.25) is 0 Å². The number of hydrogen-bond donors (Lipinski definition) is 0. The van der Waals surface area contributed by atoms with Crippen LogP contribution in [0.5, 0.6) is 11.5 Å². The lowest BCUT2D eigenvalue weighted by molar-refractivity contribution is -0.145. The van der Waals surface area contributed by atoms with Crippen molar-refractivity contribution in [2.45, 2.75) is 20.3 Å². The minimum Gasteiger partial charge on any atom is -0.492 e. The second-order valence-corrected chi connectivity index (χ2v) is 8.37. The number of benzene rings is 3. The highest BCUT2D eigenvalue weighted by Crippen LogP contribution is 2.36. The van der Waals surface area contributed by atoms with Crippen molar-refractivity contribution >= 4 is 17.1 Å². The maximum Gasteiger partial charge on any atom is 0.344 e. The average molecular weight is 474 g/mol. The molecule has 3 aromatic carbocycles. The Labute approximate surface area is 208 Å². The van der Waals surface area contributed by atoms with Gasteiger partial charge in [0, 0.05) is 6.54 Å². The molecule has 0 aliphatic rings. The molecule has 0 spiro atoms. The van der Waals surface area contributed by atoms with E-state index in [1.54, 1.807) is 6.92 Å². The van der Waals surface area contributed by atoms with E-state index in [1.807, 2.05) is 50.5 Å². The van der Waals surface area contributed by atoms with E-state index in [0.717, 1.165) is 35.4 Å². The summed E-state index contributed by atoms with van der Waals surface area (Å²) in [4.78, 5) is 13.9. The molecule has 0 radical (unpaired) electrons. The van der Waals surface area contributed by atoms with Crippen molar-refractivity contribution in [1.29, 1.82) is 0 Å². The van der Waals surface area contributed by atoms with E-state index < -0.39 is 0 Å². The van der Waals surface area contributed by atoms with Gasteiger partial charge in [0.25, 0.3) is 0 Å². The third-order valence-corrected chi connectivity index (χ3v) is 5.51. The van der Waals surface area contributed by atoms with Gasteiger partial charge < -0.3 is 19.1 Å². The maximum absolute atomic E-state index is 11.8. The summed E-state index contributed by atoms with van der Waals surface area (Å²) in [7, 11) is 4.06. The molecule has 5 nitrogen and oxygen atoms in total. The lowest BCUT2D eigenvalue weighted by atomic mass is 9.88. The Hall–Kier alpha value is -3.57. The van der Waals surface area contributed by atoms with Crippen molar-refractivity contribution in [2.24, 2.45) is 0 Å². The van der Waals surface area contributed by atoms with Gasteiger partial charge in [-0.25, -0.2) is 4.79 Å². The Morgan fingerprint density at radius 3 is 2.14 bits per heavy atom. The predicted molar refractivity (Wildman–Crippen MR) is 142 cm³/mol. The molecule has 0 atom stereocenters. The van der Waals surface area contributed by atoms with E-state index in [1.165, 1.54) is 11.1 Å². The van der Waals surface area contributed by atoms with Gasteiger partial charge in [-0.15, -0.1) is 0 Å². The van der Waals surface area contributed by atoms with Crippen LogP contribution in [0.1, 0.15) is 37.0 Å². The lowest BCUT2D eigenvalue weighted by Gasteiger charge is -2.18. The molecule has 0 heterocycles. The Morgan fingerprint density at radius 2 is 1.49 bits per heavy atom. The first-order valence-electron chi connectivity index (χ1n) is 12.1. The van der Waals surface area contributed by atoms with Gasteiger partial charge in [-0.1, -0.05) is 61.5 Å². The number of hydrogen-bond acceptors (Lipinski definition) is 5. The summed E-state index contributed by atoms with van der Waals surface area (Å²) in [6, 6.07) is 26.5. The Bertz CT molecular complexity index is 1100. The van der Waals surface area contributed by atoms with E-state index in [4.69, 9.17) is 14.2 Å². The van der Waals surface area contributed by atoms with Gasteiger partial charge in [0.05, 0.1) is 6.61 Å². The molecule has 0 fully saturated rings. The molecule has 35 heavy (non-hydrogen) atoms. The summed E-state index contributed by atoms with van der Waals surface area (Å²) >= 11 is 0. The number of ether oxygens (including phenoxy) is 3. The molecule has 0 unspecified atom stereocenters. The summed E-state index contributed by atoms with van der Waals surface area (Å²) < 4.78 is 16.6. The van der Waals surface area contributed by atoms with Crippen LogP contribution >= 0.6 is 0 Å². The molecule has 184 valence electrons. The first-order chi connectivity index (χ1) is 17.0. The van der Waals surface area contributed by atoms with Gasteiger partial charge >= 0.3 is 5.97 Å². The summed E-state index contributed by atoms with van der Waals surface area (Å²) in [6.07, 6.45) is 0.855. The molecule has 5 heteroatoms. The van der Waals surface area contributed by atoms with Crippen molar-refractivity contribution in [3.8, 4) is 11.5 Å². The van der Waals surface area contributed by atoms with Crippen LogP contribution in [0, 0.1) is 0 Å². The first-order valence-corrected chi connectivity index (χ1v) is 12.1. The molecule has 3 rings (SSSR count). The van der Waals surface area contributed by atoms with Crippen molar-refractivity contribution < 1.29 is 19.0 Å². The molecule has 0 aliphatic heterocycles. The SMILES string of the molecule is CCOC(=O)COc1cccc(/C(=C(\CC)c2ccccc2)c2ccc(OCCN(C)C)cc2)c1. The molecule has 0 saturated carbocycles. The third-order valence-electron chi connectivity index (χ3n) is 5.51. The molecule has 0 N–H and O–H groups in total. The van der Waals surface area contributed by atoms with Gasteiger partial charge in [0.1, 0.15) is 18.1 Å². The number of allylic oxidation sites excluding steroid dienone is 1. The molecule has 0 aliphatic carbocycles. The van der Waals surface area contributed by atoms with E-state index in [0.29, 0.717) is 19.0 Å². The van der Waals surface area contributed by atoms with Crippen LogP contribution in [0.3, 0.4) is 0 Å². The van der Waals surface area contributed by atoms with Crippen LogP contribution in [0.15, 0.2) is 78.9 Å². The van der Waals surface area contributed by atoms with E-state index in [2.05, 4.69) is 54.3 Å². The second kappa shape index (κ2) is 13.4. The summed E-state index contributed by atoms with van der Waals surface area (Å²) in [5.41, 5.74) is 5.64. The standard InChI is InChI=1S/C30H35NO4/c1-5-28(23-11-8-7-9-12-23)30(24-15-17-26(18-16-24)34-20-19-31(3)4)25-13-10-14-27(21-25)35-22-29(32)33-6-2/h7-18,21H,5-6,19-20,22H2,1-4H3/b30-28+. The number of likely N-dealkylation sites (N-methyl/N-ethyl adjacent to an activating group) is 1. The van der Waals surface area contributed by atoms with Crippen molar-refractivity contribution in [3.63, 3.8) is 0 Å². The lowest BCUT2D eigenvalue weighted by Crippen LogP contribution is -2.19.